The van der Waals surface area contributed by atoms with Crippen LogP contribution in [0.5, 0.6) is 0 Å². The van der Waals surface area contributed by atoms with Gasteiger partial charge in [-0.15, -0.1) is 0 Å². The molecule has 1 saturated heterocycles. The van der Waals surface area contributed by atoms with E-state index in [1.807, 2.05) is 30.3 Å². The molecule has 0 unspecified atom stereocenters. The highest BCUT2D eigenvalue weighted by molar-refractivity contribution is 7.80. The lowest BCUT2D eigenvalue weighted by atomic mass is 9.88. The number of benzene rings is 2. The van der Waals surface area contributed by atoms with Gasteiger partial charge in [0.1, 0.15) is 5.57 Å². The first kappa shape index (κ1) is 21.0. The van der Waals surface area contributed by atoms with E-state index in [1.54, 1.807) is 18.2 Å². The zero-order chi connectivity index (χ0) is 22.3. The van der Waals surface area contributed by atoms with E-state index in [4.69, 9.17) is 12.2 Å². The summed E-state index contributed by atoms with van der Waals surface area (Å²) >= 11 is 5.26. The topological polar surface area (TPSA) is 52.7 Å². The highest BCUT2D eigenvalue weighted by Gasteiger charge is 2.35. The van der Waals surface area contributed by atoms with E-state index >= 15 is 0 Å². The van der Waals surface area contributed by atoms with Crippen LogP contribution in [0.25, 0.3) is 11.6 Å². The molecule has 2 aromatic rings. The zero-order valence-electron chi connectivity index (χ0n) is 18.1. The van der Waals surface area contributed by atoms with E-state index in [2.05, 4.69) is 50.1 Å². The molecular weight excluding hydrogens is 406 g/mol. The van der Waals surface area contributed by atoms with Crippen LogP contribution in [0.15, 0.2) is 60.2 Å². The number of rotatable bonds is 3. The molecule has 0 spiro atoms. The molecule has 4 rings (SSSR count). The Balaban J connectivity index is 1.75. The molecule has 2 heterocycles. The molecule has 2 aliphatic heterocycles. The van der Waals surface area contributed by atoms with Crippen molar-refractivity contribution in [1.29, 1.82) is 0 Å². The lowest BCUT2D eigenvalue weighted by molar-refractivity contribution is -0.122. The van der Waals surface area contributed by atoms with Gasteiger partial charge in [-0.2, -0.15) is 0 Å². The predicted octanol–water partition coefficient (Wildman–Crippen LogP) is 4.54. The van der Waals surface area contributed by atoms with Crippen molar-refractivity contribution in [3.63, 3.8) is 0 Å². The van der Waals surface area contributed by atoms with Crippen LogP contribution in [0.1, 0.15) is 38.8 Å². The number of hydrogen-bond acceptors (Lipinski definition) is 4. The fourth-order valence-corrected chi connectivity index (χ4v) is 4.69. The number of carbonyl (C=O) groups is 2. The minimum atomic E-state index is -0.483. The first-order chi connectivity index (χ1) is 14.7. The number of likely N-dealkylation sites (N-methyl/N-ethyl adjacent to an activating group) is 1. The summed E-state index contributed by atoms with van der Waals surface area (Å²) in [7, 11) is 0. The van der Waals surface area contributed by atoms with Crippen LogP contribution >= 0.6 is 12.2 Å². The van der Waals surface area contributed by atoms with Crippen LogP contribution in [0.4, 0.5) is 11.4 Å². The number of thiocarbonyl (C=S) groups is 1. The normalized spacial score (nSPS) is 19.3. The highest BCUT2D eigenvalue weighted by atomic mass is 32.1. The molecule has 2 aromatic carbocycles. The van der Waals surface area contributed by atoms with Crippen molar-refractivity contribution in [2.75, 3.05) is 16.3 Å². The molecule has 0 radical (unpaired) electrons. The molecule has 5 nitrogen and oxygen atoms in total. The number of fused-ring (bicyclic) bond motifs is 1. The number of nitrogens with zero attached hydrogens (tertiary/aromatic N) is 2. The number of anilines is 2. The van der Waals surface area contributed by atoms with E-state index in [1.165, 1.54) is 10.5 Å². The minimum absolute atomic E-state index is 0.0579. The average Bonchev–Trinajstić information content (AvgIpc) is 2.72. The van der Waals surface area contributed by atoms with Crippen molar-refractivity contribution >= 4 is 52.2 Å². The molecule has 0 atom stereocenters. The molecular formula is C25H25N3O2S. The van der Waals surface area contributed by atoms with Gasteiger partial charge in [-0.25, -0.2) is 0 Å². The summed E-state index contributed by atoms with van der Waals surface area (Å²) < 4.78 is 0. The zero-order valence-corrected chi connectivity index (χ0v) is 18.9. The number of allylic oxidation sites excluding steroid dienone is 1. The summed E-state index contributed by atoms with van der Waals surface area (Å²) in [6.07, 6.45) is 3.89. The molecule has 0 bridgehead atoms. The third kappa shape index (κ3) is 3.68. The van der Waals surface area contributed by atoms with Crippen molar-refractivity contribution in [2.45, 2.75) is 33.2 Å². The van der Waals surface area contributed by atoms with Gasteiger partial charge in [0.2, 0.25) is 0 Å². The fraction of sp³-hybridized carbons (Fsp3) is 0.240. The Bertz CT molecular complexity index is 1150. The monoisotopic (exact) mass is 431 g/mol. The van der Waals surface area contributed by atoms with Gasteiger partial charge in [-0.1, -0.05) is 30.3 Å². The van der Waals surface area contributed by atoms with E-state index < -0.39 is 11.8 Å². The number of hydrogen-bond donors (Lipinski definition) is 1. The Morgan fingerprint density at radius 3 is 2.48 bits per heavy atom. The Hall–Kier alpha value is -3.25. The maximum absolute atomic E-state index is 13.2. The quantitative estimate of drug-likeness (QED) is 0.440. The van der Waals surface area contributed by atoms with Crippen molar-refractivity contribution in [3.8, 4) is 0 Å². The summed E-state index contributed by atoms with van der Waals surface area (Å²) in [4.78, 5) is 29.5. The summed E-state index contributed by atoms with van der Waals surface area (Å²) in [5, 5.41) is 2.72. The Morgan fingerprint density at radius 1 is 1.10 bits per heavy atom. The Morgan fingerprint density at radius 2 is 1.81 bits per heavy atom. The predicted molar refractivity (Wildman–Crippen MR) is 130 cm³/mol. The lowest BCUT2D eigenvalue weighted by Gasteiger charge is -2.42. The van der Waals surface area contributed by atoms with Crippen LogP contribution in [0.3, 0.4) is 0 Å². The van der Waals surface area contributed by atoms with Crippen LogP contribution in [0.2, 0.25) is 0 Å². The van der Waals surface area contributed by atoms with Gasteiger partial charge in [0.25, 0.3) is 11.8 Å². The van der Waals surface area contributed by atoms with Crippen molar-refractivity contribution in [2.24, 2.45) is 0 Å². The van der Waals surface area contributed by atoms with Crippen LogP contribution in [-0.2, 0) is 9.59 Å². The lowest BCUT2D eigenvalue weighted by Crippen LogP contribution is -2.54. The van der Waals surface area contributed by atoms with Gasteiger partial charge in [0, 0.05) is 17.8 Å². The van der Waals surface area contributed by atoms with E-state index in [0.29, 0.717) is 5.69 Å². The molecule has 1 N–H and O–H groups in total. The molecule has 0 aromatic heterocycles. The van der Waals surface area contributed by atoms with Crippen LogP contribution in [0, 0.1) is 0 Å². The van der Waals surface area contributed by atoms with E-state index in [9.17, 15) is 9.59 Å². The van der Waals surface area contributed by atoms with Gasteiger partial charge in [0.05, 0.1) is 11.2 Å². The smallest absolute Gasteiger partial charge is 0.270 e. The van der Waals surface area contributed by atoms with Gasteiger partial charge in [0.15, 0.2) is 5.11 Å². The van der Waals surface area contributed by atoms with Crippen molar-refractivity contribution in [3.05, 3.63) is 71.3 Å². The number of carbonyl (C=O) groups excluding carboxylic acids is 2. The Labute approximate surface area is 188 Å². The largest absolute Gasteiger partial charge is 0.363 e. The number of amides is 2. The van der Waals surface area contributed by atoms with Crippen LogP contribution < -0.4 is 15.1 Å². The molecule has 1 fully saturated rings. The van der Waals surface area contributed by atoms with Gasteiger partial charge in [-0.3, -0.25) is 19.8 Å². The van der Waals surface area contributed by atoms with Crippen molar-refractivity contribution in [1.82, 2.24) is 5.32 Å². The van der Waals surface area contributed by atoms with E-state index in [-0.39, 0.29) is 16.2 Å². The second-order valence-corrected chi connectivity index (χ2v) is 8.68. The van der Waals surface area contributed by atoms with Gasteiger partial charge < -0.3 is 4.90 Å². The molecule has 158 valence electrons. The first-order valence-electron chi connectivity index (χ1n) is 10.3. The minimum Gasteiger partial charge on any atom is -0.363 e. The van der Waals surface area contributed by atoms with E-state index in [0.717, 1.165) is 23.4 Å². The second-order valence-electron chi connectivity index (χ2n) is 8.30. The molecule has 2 amide bonds. The molecule has 2 aliphatic rings. The third-order valence-electron chi connectivity index (χ3n) is 5.74. The average molecular weight is 432 g/mol. The Kier molecular flexibility index (Phi) is 5.27. The number of para-hydroxylation sites is 1. The molecule has 0 aliphatic carbocycles. The highest BCUT2D eigenvalue weighted by Crippen LogP contribution is 2.39. The fourth-order valence-electron chi connectivity index (χ4n) is 4.40. The molecule has 6 heteroatoms. The van der Waals surface area contributed by atoms with Crippen molar-refractivity contribution < 1.29 is 9.59 Å². The van der Waals surface area contributed by atoms with Crippen LogP contribution in [-0.4, -0.2) is 29.0 Å². The summed E-state index contributed by atoms with van der Waals surface area (Å²) in [6, 6.07) is 15.1. The SMILES string of the molecule is CCN1c2ccc(/C=C3\C(=O)NC(=S)N(c4ccccc4)C3=O)cc2C(C)=CC1(C)C. The molecule has 0 saturated carbocycles. The summed E-state index contributed by atoms with van der Waals surface area (Å²) in [5.41, 5.74) is 4.83. The maximum atomic E-state index is 13.2. The third-order valence-corrected chi connectivity index (χ3v) is 6.03. The molecule has 31 heavy (non-hydrogen) atoms. The maximum Gasteiger partial charge on any atom is 0.270 e. The summed E-state index contributed by atoms with van der Waals surface area (Å²) in [5.74, 6) is -0.912. The summed E-state index contributed by atoms with van der Waals surface area (Å²) in [6.45, 7) is 9.52. The van der Waals surface area contributed by atoms with Gasteiger partial charge >= 0.3 is 0 Å². The second kappa shape index (κ2) is 7.78. The first-order valence-corrected chi connectivity index (χ1v) is 10.7. The number of nitrogens with one attached hydrogen (secondary N) is 1. The standard InChI is InChI=1S/C25H25N3O2S/c1-5-27-21-12-11-17(13-19(21)16(2)15-25(27,3)4)14-20-22(29)26-24(31)28(23(20)30)18-9-7-6-8-10-18/h6-15H,5H2,1-4H3,(H,26,29,31)/b20-14+. The van der Waals surface area contributed by atoms with Gasteiger partial charge in [-0.05, 0) is 81.4 Å².